The van der Waals surface area contributed by atoms with Crippen LogP contribution in [0.4, 0.5) is 0 Å². The highest BCUT2D eigenvalue weighted by atomic mass is 31.2. The monoisotopic (exact) mass is 433 g/mol. The van der Waals surface area contributed by atoms with Gasteiger partial charge in [-0.1, -0.05) is 48.5 Å². The van der Waals surface area contributed by atoms with Gasteiger partial charge in [-0.2, -0.15) is 0 Å². The summed E-state index contributed by atoms with van der Waals surface area (Å²) in [7, 11) is -3.92. The highest BCUT2D eigenvalue weighted by Crippen LogP contribution is 2.54. The van der Waals surface area contributed by atoms with Crippen LogP contribution in [-0.4, -0.2) is 35.4 Å². The van der Waals surface area contributed by atoms with Crippen LogP contribution < -0.4 is 5.32 Å². The normalized spacial score (nSPS) is 13.8. The Bertz CT molecular complexity index is 886. The minimum atomic E-state index is -3.92. The summed E-state index contributed by atoms with van der Waals surface area (Å²) in [5, 5.41) is 12.9. The number of aliphatic carboxylic acids is 1. The first-order valence-electron chi connectivity index (χ1n) is 9.70. The third kappa shape index (κ3) is 6.02. The predicted octanol–water partition coefficient (Wildman–Crippen LogP) is 4.44. The lowest BCUT2D eigenvalue weighted by molar-refractivity contribution is -0.144. The second kappa shape index (κ2) is 10.0. The Morgan fingerprint density at radius 2 is 1.40 bits per heavy atom. The summed E-state index contributed by atoms with van der Waals surface area (Å²) in [6.45, 7) is 6.74. The average Bonchev–Trinajstić information content (AvgIpc) is 2.67. The van der Waals surface area contributed by atoms with Crippen LogP contribution >= 0.6 is 7.60 Å². The molecule has 7 nitrogen and oxygen atoms in total. The molecule has 0 radical (unpaired) electrons. The summed E-state index contributed by atoms with van der Waals surface area (Å²) in [6.07, 6.45) is -1.50. The molecule has 162 valence electrons. The zero-order chi connectivity index (χ0) is 22.4. The van der Waals surface area contributed by atoms with Gasteiger partial charge in [0.1, 0.15) is 0 Å². The molecule has 8 heteroatoms. The minimum Gasteiger partial charge on any atom is -0.479 e. The van der Waals surface area contributed by atoms with Crippen molar-refractivity contribution < 1.29 is 28.3 Å². The van der Waals surface area contributed by atoms with E-state index in [2.05, 4.69) is 5.32 Å². The van der Waals surface area contributed by atoms with E-state index in [0.29, 0.717) is 0 Å². The van der Waals surface area contributed by atoms with Crippen molar-refractivity contribution in [1.29, 1.82) is 0 Å². The van der Waals surface area contributed by atoms with Crippen molar-refractivity contribution in [3.8, 4) is 0 Å². The zero-order valence-corrected chi connectivity index (χ0v) is 18.5. The molecule has 0 saturated carbocycles. The second-order valence-corrected chi connectivity index (χ2v) is 9.43. The van der Waals surface area contributed by atoms with Crippen molar-refractivity contribution in [3.05, 3.63) is 71.8 Å². The van der Waals surface area contributed by atoms with Crippen molar-refractivity contribution in [1.82, 2.24) is 5.32 Å². The van der Waals surface area contributed by atoms with Crippen LogP contribution in [0.2, 0.25) is 0 Å². The van der Waals surface area contributed by atoms with E-state index < -0.39 is 43.4 Å². The van der Waals surface area contributed by atoms with Crippen LogP contribution in [0.25, 0.3) is 0 Å². The van der Waals surface area contributed by atoms with Gasteiger partial charge >= 0.3 is 13.6 Å². The summed E-state index contributed by atoms with van der Waals surface area (Å²) in [4.78, 5) is 25.5. The van der Waals surface area contributed by atoms with E-state index in [1.54, 1.807) is 88.4 Å². The van der Waals surface area contributed by atoms with Crippen LogP contribution in [0.1, 0.15) is 43.6 Å². The van der Waals surface area contributed by atoms with Crippen LogP contribution in [0.5, 0.6) is 0 Å². The van der Waals surface area contributed by atoms with E-state index in [4.69, 9.17) is 9.05 Å². The molecule has 0 fully saturated rings. The molecular weight excluding hydrogens is 405 g/mol. The molecule has 2 aromatic carbocycles. The molecule has 0 saturated heterocycles. The van der Waals surface area contributed by atoms with Gasteiger partial charge in [-0.25, -0.2) is 4.79 Å². The van der Waals surface area contributed by atoms with Crippen molar-refractivity contribution in [2.75, 3.05) is 6.16 Å². The average molecular weight is 433 g/mol. The highest BCUT2D eigenvalue weighted by molar-refractivity contribution is 7.54. The number of carboxylic acids is 1. The summed E-state index contributed by atoms with van der Waals surface area (Å²) in [6, 6.07) is 16.4. The standard InChI is InChI=1S/C22H28NO6P/c1-16(2)28-30(27,29-17(3)4)15-22(21(25)26,19-13-9-6-10-14-19)23-20(24)18-11-7-5-8-12-18/h5-14,16-17H,15H2,1-4H3,(H,23,24)(H,25,26). The van der Waals surface area contributed by atoms with Gasteiger partial charge in [-0.3, -0.25) is 9.36 Å². The smallest absolute Gasteiger partial charge is 0.334 e. The molecule has 2 rings (SSSR count). The molecule has 2 aromatic rings. The molecule has 1 amide bonds. The zero-order valence-electron chi connectivity index (χ0n) is 17.6. The maximum absolute atomic E-state index is 13.6. The molecule has 0 heterocycles. The summed E-state index contributed by atoms with van der Waals surface area (Å²) in [5.74, 6) is -1.97. The molecule has 0 aliphatic rings. The van der Waals surface area contributed by atoms with E-state index in [0.717, 1.165) is 0 Å². The maximum atomic E-state index is 13.6. The van der Waals surface area contributed by atoms with Gasteiger partial charge in [0, 0.05) is 5.56 Å². The first-order valence-corrected chi connectivity index (χ1v) is 11.4. The van der Waals surface area contributed by atoms with Gasteiger partial charge in [0.05, 0.1) is 18.4 Å². The van der Waals surface area contributed by atoms with Gasteiger partial charge in [0.25, 0.3) is 5.91 Å². The number of hydrogen-bond acceptors (Lipinski definition) is 5. The molecule has 1 atom stereocenters. The molecule has 2 N–H and O–H groups in total. The topological polar surface area (TPSA) is 102 Å². The quantitative estimate of drug-likeness (QED) is 0.537. The second-order valence-electron chi connectivity index (χ2n) is 7.47. The molecular formula is C22H28NO6P. The highest BCUT2D eigenvalue weighted by Gasteiger charge is 2.49. The van der Waals surface area contributed by atoms with E-state index in [1.165, 1.54) is 0 Å². The summed E-state index contributed by atoms with van der Waals surface area (Å²) < 4.78 is 24.7. The fraction of sp³-hybridized carbons (Fsp3) is 0.364. The molecule has 0 bridgehead atoms. The predicted molar refractivity (Wildman–Crippen MR) is 115 cm³/mol. The van der Waals surface area contributed by atoms with Crippen LogP contribution in [0.15, 0.2) is 60.7 Å². The summed E-state index contributed by atoms with van der Waals surface area (Å²) >= 11 is 0. The SMILES string of the molecule is CC(C)OP(=O)(CC(NC(=O)c1ccccc1)(C(=O)O)c1ccccc1)OC(C)C. The van der Waals surface area contributed by atoms with E-state index in [1.807, 2.05) is 0 Å². The molecule has 0 spiro atoms. The third-order valence-electron chi connectivity index (χ3n) is 4.17. The third-order valence-corrected chi connectivity index (χ3v) is 6.52. The number of rotatable bonds is 10. The van der Waals surface area contributed by atoms with Crippen LogP contribution in [0, 0.1) is 0 Å². The summed E-state index contributed by atoms with van der Waals surface area (Å²) in [5.41, 5.74) is -1.47. The Hall–Kier alpha value is -2.47. The number of carboxylic acid groups (broad SMARTS) is 1. The Kier molecular flexibility index (Phi) is 7.96. The lowest BCUT2D eigenvalue weighted by Crippen LogP contribution is -2.54. The van der Waals surface area contributed by atoms with Crippen LogP contribution in [0.3, 0.4) is 0 Å². The molecule has 0 aromatic heterocycles. The Morgan fingerprint density at radius 3 is 1.83 bits per heavy atom. The fourth-order valence-electron chi connectivity index (χ4n) is 3.06. The number of carbonyl (C=O) groups is 2. The Balaban J connectivity index is 2.58. The molecule has 0 aliphatic heterocycles. The minimum absolute atomic E-state index is 0.265. The van der Waals surface area contributed by atoms with Gasteiger partial charge in [0.15, 0.2) is 5.54 Å². The molecule has 30 heavy (non-hydrogen) atoms. The lowest BCUT2D eigenvalue weighted by Gasteiger charge is -2.35. The molecule has 0 aliphatic carbocycles. The maximum Gasteiger partial charge on any atom is 0.334 e. The first kappa shape index (κ1) is 23.8. The van der Waals surface area contributed by atoms with E-state index >= 15 is 0 Å². The van der Waals surface area contributed by atoms with Gasteiger partial charge in [-0.15, -0.1) is 0 Å². The lowest BCUT2D eigenvalue weighted by atomic mass is 9.91. The Labute approximate surface area is 176 Å². The first-order chi connectivity index (χ1) is 14.1. The Morgan fingerprint density at radius 1 is 0.933 bits per heavy atom. The van der Waals surface area contributed by atoms with Crippen molar-refractivity contribution >= 4 is 19.5 Å². The fourth-order valence-corrected chi connectivity index (χ4v) is 5.52. The number of nitrogens with one attached hydrogen (secondary N) is 1. The number of amides is 1. The van der Waals surface area contributed by atoms with Gasteiger partial charge in [0.2, 0.25) is 0 Å². The largest absolute Gasteiger partial charge is 0.479 e. The van der Waals surface area contributed by atoms with Crippen molar-refractivity contribution in [3.63, 3.8) is 0 Å². The number of benzene rings is 2. The van der Waals surface area contributed by atoms with Gasteiger partial charge < -0.3 is 19.5 Å². The van der Waals surface area contributed by atoms with Gasteiger partial charge in [-0.05, 0) is 45.4 Å². The van der Waals surface area contributed by atoms with Crippen LogP contribution in [-0.2, 0) is 23.9 Å². The molecule has 1 unspecified atom stereocenters. The van der Waals surface area contributed by atoms with Crippen molar-refractivity contribution in [2.24, 2.45) is 0 Å². The van der Waals surface area contributed by atoms with E-state index in [9.17, 15) is 19.3 Å². The van der Waals surface area contributed by atoms with E-state index in [-0.39, 0.29) is 11.1 Å². The number of hydrogen-bond donors (Lipinski definition) is 2. The van der Waals surface area contributed by atoms with Crippen molar-refractivity contribution in [2.45, 2.75) is 45.4 Å². The number of carbonyl (C=O) groups excluding carboxylic acids is 1.